The SMILES string of the molecule is Cc1cc(CNC(=O)[C@@H]2CCC[C@@H](NCc3nccs3)CN(C)C(=O)C2)no1. The van der Waals surface area contributed by atoms with Gasteiger partial charge < -0.3 is 20.1 Å². The molecule has 1 fully saturated rings. The zero-order chi connectivity index (χ0) is 19.9. The third kappa shape index (κ3) is 5.87. The first-order valence-corrected chi connectivity index (χ1v) is 10.4. The third-order valence-electron chi connectivity index (χ3n) is 4.96. The number of hydrogen-bond acceptors (Lipinski definition) is 7. The van der Waals surface area contributed by atoms with E-state index in [0.29, 0.717) is 37.5 Å². The zero-order valence-electron chi connectivity index (χ0n) is 16.3. The largest absolute Gasteiger partial charge is 0.361 e. The van der Waals surface area contributed by atoms with Crippen LogP contribution in [0.5, 0.6) is 0 Å². The highest BCUT2D eigenvalue weighted by Gasteiger charge is 2.27. The lowest BCUT2D eigenvalue weighted by Crippen LogP contribution is -2.41. The van der Waals surface area contributed by atoms with E-state index in [4.69, 9.17) is 4.52 Å². The van der Waals surface area contributed by atoms with Gasteiger partial charge in [0, 0.05) is 56.2 Å². The number of nitrogens with one attached hydrogen (secondary N) is 2. The van der Waals surface area contributed by atoms with Crippen molar-refractivity contribution in [3.63, 3.8) is 0 Å². The predicted octanol–water partition coefficient (Wildman–Crippen LogP) is 1.86. The number of nitrogens with zero attached hydrogens (tertiary/aromatic N) is 3. The number of hydrogen-bond donors (Lipinski definition) is 2. The smallest absolute Gasteiger partial charge is 0.223 e. The Morgan fingerprint density at radius 3 is 2.96 bits per heavy atom. The highest BCUT2D eigenvalue weighted by atomic mass is 32.1. The van der Waals surface area contributed by atoms with E-state index >= 15 is 0 Å². The molecule has 2 amide bonds. The minimum Gasteiger partial charge on any atom is -0.361 e. The van der Waals surface area contributed by atoms with Crippen LogP contribution in [0.4, 0.5) is 0 Å². The van der Waals surface area contributed by atoms with Crippen LogP contribution >= 0.6 is 11.3 Å². The van der Waals surface area contributed by atoms with Crippen LogP contribution in [-0.4, -0.2) is 46.5 Å². The molecule has 9 heteroatoms. The van der Waals surface area contributed by atoms with Gasteiger partial charge in [-0.3, -0.25) is 9.59 Å². The van der Waals surface area contributed by atoms with Crippen LogP contribution < -0.4 is 10.6 Å². The van der Waals surface area contributed by atoms with Crippen LogP contribution in [0.2, 0.25) is 0 Å². The second kappa shape index (κ2) is 9.79. The second-order valence-electron chi connectivity index (χ2n) is 7.26. The monoisotopic (exact) mass is 405 g/mol. The summed E-state index contributed by atoms with van der Waals surface area (Å²) in [4.78, 5) is 31.2. The maximum atomic E-state index is 12.6. The summed E-state index contributed by atoms with van der Waals surface area (Å²) in [5, 5.41) is 13.3. The molecular formula is C19H27N5O3S. The summed E-state index contributed by atoms with van der Waals surface area (Å²) in [6.07, 6.45) is 4.52. The van der Waals surface area contributed by atoms with Crippen molar-refractivity contribution in [1.29, 1.82) is 0 Å². The number of aromatic nitrogens is 2. The van der Waals surface area contributed by atoms with Gasteiger partial charge in [0.15, 0.2) is 0 Å². The van der Waals surface area contributed by atoms with Crippen LogP contribution in [0.25, 0.3) is 0 Å². The van der Waals surface area contributed by atoms with Crippen molar-refractivity contribution in [1.82, 2.24) is 25.7 Å². The lowest BCUT2D eigenvalue weighted by atomic mass is 9.96. The fourth-order valence-corrected chi connectivity index (χ4v) is 3.96. The Hall–Kier alpha value is -2.26. The average molecular weight is 406 g/mol. The molecule has 0 unspecified atom stereocenters. The molecule has 1 aliphatic heterocycles. The maximum absolute atomic E-state index is 12.6. The van der Waals surface area contributed by atoms with Gasteiger partial charge in [-0.2, -0.15) is 0 Å². The van der Waals surface area contributed by atoms with Gasteiger partial charge in [-0.1, -0.05) is 11.6 Å². The van der Waals surface area contributed by atoms with E-state index in [9.17, 15) is 9.59 Å². The summed E-state index contributed by atoms with van der Waals surface area (Å²) >= 11 is 1.62. The van der Waals surface area contributed by atoms with Crippen LogP contribution in [0.3, 0.4) is 0 Å². The molecule has 2 N–H and O–H groups in total. The molecule has 0 aliphatic carbocycles. The quantitative estimate of drug-likeness (QED) is 0.761. The second-order valence-corrected chi connectivity index (χ2v) is 8.24. The molecule has 28 heavy (non-hydrogen) atoms. The molecule has 0 saturated carbocycles. The fraction of sp³-hybridized carbons (Fsp3) is 0.579. The molecular weight excluding hydrogens is 378 g/mol. The van der Waals surface area contributed by atoms with Crippen molar-refractivity contribution in [2.24, 2.45) is 5.92 Å². The first-order chi connectivity index (χ1) is 13.5. The van der Waals surface area contributed by atoms with Crippen molar-refractivity contribution in [3.05, 3.63) is 34.1 Å². The van der Waals surface area contributed by atoms with E-state index in [0.717, 1.165) is 17.8 Å². The molecule has 0 spiro atoms. The minimum atomic E-state index is -0.319. The Morgan fingerprint density at radius 2 is 2.25 bits per heavy atom. The van der Waals surface area contributed by atoms with Gasteiger partial charge in [0.2, 0.25) is 11.8 Å². The molecule has 2 aromatic heterocycles. The normalized spacial score (nSPS) is 21.1. The van der Waals surface area contributed by atoms with Gasteiger partial charge in [-0.25, -0.2) is 4.98 Å². The summed E-state index contributed by atoms with van der Waals surface area (Å²) < 4.78 is 5.02. The topological polar surface area (TPSA) is 100 Å². The van der Waals surface area contributed by atoms with Gasteiger partial charge in [0.25, 0.3) is 0 Å². The Bertz CT molecular complexity index is 776. The van der Waals surface area contributed by atoms with Crippen molar-refractivity contribution in [2.75, 3.05) is 13.6 Å². The third-order valence-corrected chi connectivity index (χ3v) is 5.74. The van der Waals surface area contributed by atoms with Crippen molar-refractivity contribution >= 4 is 23.2 Å². The summed E-state index contributed by atoms with van der Waals surface area (Å²) in [7, 11) is 1.80. The molecule has 0 radical (unpaired) electrons. The number of amides is 2. The van der Waals surface area contributed by atoms with Gasteiger partial charge in [-0.05, 0) is 19.8 Å². The Labute approximate surface area is 168 Å². The van der Waals surface area contributed by atoms with Gasteiger partial charge in [0.1, 0.15) is 16.5 Å². The maximum Gasteiger partial charge on any atom is 0.223 e. The number of thiazole rings is 1. The molecule has 2 atom stereocenters. The van der Waals surface area contributed by atoms with Crippen molar-refractivity contribution in [3.8, 4) is 0 Å². The Kier molecular flexibility index (Phi) is 7.16. The summed E-state index contributed by atoms with van der Waals surface area (Å²) in [5.74, 6) is 0.289. The number of carbonyl (C=O) groups is 2. The number of rotatable bonds is 6. The molecule has 3 rings (SSSR count). The Morgan fingerprint density at radius 1 is 1.39 bits per heavy atom. The lowest BCUT2D eigenvalue weighted by Gasteiger charge is -2.24. The molecule has 2 aromatic rings. The lowest BCUT2D eigenvalue weighted by molar-refractivity contribution is -0.135. The number of carbonyl (C=O) groups excluding carboxylic acids is 2. The van der Waals surface area contributed by atoms with Crippen LogP contribution in [-0.2, 0) is 22.7 Å². The van der Waals surface area contributed by atoms with E-state index < -0.39 is 0 Å². The van der Waals surface area contributed by atoms with Crippen LogP contribution in [0.15, 0.2) is 22.2 Å². The number of aryl methyl sites for hydroxylation is 1. The van der Waals surface area contributed by atoms with Gasteiger partial charge in [-0.15, -0.1) is 11.3 Å². The molecule has 1 saturated heterocycles. The van der Waals surface area contributed by atoms with Gasteiger partial charge >= 0.3 is 0 Å². The highest BCUT2D eigenvalue weighted by Crippen LogP contribution is 2.19. The van der Waals surface area contributed by atoms with E-state index in [1.54, 1.807) is 35.5 Å². The average Bonchev–Trinajstić information content (AvgIpc) is 3.34. The van der Waals surface area contributed by atoms with E-state index in [-0.39, 0.29) is 30.2 Å². The van der Waals surface area contributed by atoms with Crippen molar-refractivity contribution in [2.45, 2.75) is 51.7 Å². The van der Waals surface area contributed by atoms with Crippen molar-refractivity contribution < 1.29 is 14.1 Å². The van der Waals surface area contributed by atoms with E-state index in [1.165, 1.54) is 0 Å². The number of likely N-dealkylation sites (N-methyl/N-ethyl adjacent to an activating group) is 1. The first-order valence-electron chi connectivity index (χ1n) is 9.57. The fourth-order valence-electron chi connectivity index (χ4n) is 3.39. The zero-order valence-corrected chi connectivity index (χ0v) is 17.1. The molecule has 1 aliphatic rings. The van der Waals surface area contributed by atoms with Crippen LogP contribution in [0, 0.1) is 12.8 Å². The highest BCUT2D eigenvalue weighted by molar-refractivity contribution is 7.09. The van der Waals surface area contributed by atoms with Crippen LogP contribution in [0.1, 0.15) is 42.1 Å². The Balaban J connectivity index is 1.53. The van der Waals surface area contributed by atoms with E-state index in [1.807, 2.05) is 12.3 Å². The predicted molar refractivity (Wildman–Crippen MR) is 105 cm³/mol. The van der Waals surface area contributed by atoms with E-state index in [2.05, 4.69) is 20.8 Å². The molecule has 8 nitrogen and oxygen atoms in total. The standard InChI is InChI=1S/C19H27N5O3S/c1-13-8-16(23-27-13)10-22-19(26)14-4-3-5-15(12-24(2)18(25)9-14)21-11-17-20-6-7-28-17/h6-8,14-15,21H,3-5,9-12H2,1-2H3,(H,22,26)/t14-,15-/m1/s1. The molecule has 0 aromatic carbocycles. The first kappa shape index (κ1) is 20.5. The summed E-state index contributed by atoms with van der Waals surface area (Å²) in [6.45, 7) is 3.46. The summed E-state index contributed by atoms with van der Waals surface area (Å²) in [5.41, 5.74) is 0.684. The molecule has 3 heterocycles. The minimum absolute atomic E-state index is 0.000351. The molecule has 0 bridgehead atoms. The summed E-state index contributed by atoms with van der Waals surface area (Å²) in [6, 6.07) is 1.99. The molecule has 152 valence electrons. The van der Waals surface area contributed by atoms with Gasteiger partial charge in [0.05, 0.1) is 6.54 Å².